The van der Waals surface area contributed by atoms with E-state index < -0.39 is 41.0 Å². The SMILES string of the molecule is NC=C(C=NCC(=O)O)c1ccc2c(F)c(N3CC(=O)NS3(=O)=O)c(OCc3ccccc3)cc2c1. The van der Waals surface area contributed by atoms with Crippen molar-refractivity contribution in [3.63, 3.8) is 0 Å². The van der Waals surface area contributed by atoms with Crippen LogP contribution < -0.4 is 19.5 Å². The third-order valence-electron chi connectivity index (χ3n) is 5.29. The van der Waals surface area contributed by atoms with Gasteiger partial charge in [-0.2, -0.15) is 8.42 Å². The molecule has 186 valence electrons. The van der Waals surface area contributed by atoms with Crippen LogP contribution in [0.3, 0.4) is 0 Å². The highest BCUT2D eigenvalue weighted by Crippen LogP contribution is 2.40. The molecule has 3 aromatic carbocycles. The van der Waals surface area contributed by atoms with Crippen LogP contribution in [0, 0.1) is 5.82 Å². The molecule has 1 heterocycles. The smallest absolute Gasteiger partial charge is 0.326 e. The number of anilines is 1. The Balaban J connectivity index is 1.82. The summed E-state index contributed by atoms with van der Waals surface area (Å²) in [5.74, 6) is -2.88. The fourth-order valence-electron chi connectivity index (χ4n) is 3.67. The molecule has 4 N–H and O–H groups in total. The minimum Gasteiger partial charge on any atom is -0.487 e. The summed E-state index contributed by atoms with van der Waals surface area (Å²) in [4.78, 5) is 26.4. The van der Waals surface area contributed by atoms with Crippen LogP contribution in [0.4, 0.5) is 10.1 Å². The average molecular weight is 513 g/mol. The van der Waals surface area contributed by atoms with E-state index in [1.165, 1.54) is 30.6 Å². The molecule has 1 aliphatic rings. The van der Waals surface area contributed by atoms with Crippen LogP contribution in [0.1, 0.15) is 11.1 Å². The number of fused-ring (bicyclic) bond motifs is 1. The van der Waals surface area contributed by atoms with Crippen molar-refractivity contribution in [1.82, 2.24) is 4.72 Å². The second-order valence-corrected chi connectivity index (χ2v) is 9.36. The molecule has 1 amide bonds. The van der Waals surface area contributed by atoms with Crippen molar-refractivity contribution >= 4 is 50.3 Å². The number of amides is 1. The molecule has 0 aromatic heterocycles. The fourth-order valence-corrected chi connectivity index (χ4v) is 4.83. The normalized spacial score (nSPS) is 15.4. The number of aliphatic imine (C=N–C) groups is 1. The second kappa shape index (κ2) is 10.0. The Labute approximate surface area is 205 Å². The number of carbonyl (C=O) groups is 2. The van der Waals surface area contributed by atoms with Gasteiger partial charge in [-0.05, 0) is 28.6 Å². The van der Waals surface area contributed by atoms with E-state index in [0.29, 0.717) is 20.8 Å². The van der Waals surface area contributed by atoms with Gasteiger partial charge in [0.05, 0.1) is 0 Å². The number of allylic oxidation sites excluding steroid dienone is 1. The number of ether oxygens (including phenoxy) is 1. The molecule has 0 spiro atoms. The molecule has 10 nitrogen and oxygen atoms in total. The van der Waals surface area contributed by atoms with Crippen LogP contribution in [-0.4, -0.2) is 44.7 Å². The summed E-state index contributed by atoms with van der Waals surface area (Å²) >= 11 is 0. The first kappa shape index (κ1) is 24.7. The highest BCUT2D eigenvalue weighted by Gasteiger charge is 2.38. The van der Waals surface area contributed by atoms with E-state index in [9.17, 15) is 18.0 Å². The molecule has 3 aromatic rings. The maximum atomic E-state index is 15.8. The van der Waals surface area contributed by atoms with Gasteiger partial charge >= 0.3 is 16.2 Å². The van der Waals surface area contributed by atoms with Crippen molar-refractivity contribution in [2.24, 2.45) is 10.7 Å². The second-order valence-electron chi connectivity index (χ2n) is 7.77. The number of hydrogen-bond donors (Lipinski definition) is 3. The molecule has 0 bridgehead atoms. The van der Waals surface area contributed by atoms with Gasteiger partial charge in [-0.15, -0.1) is 0 Å². The van der Waals surface area contributed by atoms with E-state index in [0.717, 1.165) is 5.56 Å². The Morgan fingerprint density at radius 2 is 1.97 bits per heavy atom. The van der Waals surface area contributed by atoms with Crippen molar-refractivity contribution in [3.05, 3.63) is 77.7 Å². The van der Waals surface area contributed by atoms with Crippen LogP contribution in [0.15, 0.2) is 65.8 Å². The first-order valence-electron chi connectivity index (χ1n) is 10.6. The number of carboxylic acids is 1. The van der Waals surface area contributed by atoms with E-state index in [1.54, 1.807) is 30.3 Å². The Morgan fingerprint density at radius 3 is 2.61 bits per heavy atom. The van der Waals surface area contributed by atoms with Gasteiger partial charge in [0.25, 0.3) is 5.91 Å². The number of hydrogen-bond acceptors (Lipinski definition) is 7. The number of carbonyl (C=O) groups excluding carboxylic acids is 1. The lowest BCUT2D eigenvalue weighted by atomic mass is 10.0. The van der Waals surface area contributed by atoms with Crippen molar-refractivity contribution in [3.8, 4) is 5.75 Å². The zero-order valence-corrected chi connectivity index (χ0v) is 19.5. The lowest BCUT2D eigenvalue weighted by Gasteiger charge is -2.21. The number of nitrogens with one attached hydrogen (secondary N) is 1. The fraction of sp³-hybridized carbons (Fsp3) is 0.125. The standard InChI is InChI=1S/C24H21FN4O6S/c25-23-19-7-6-16(18(10-26)11-27-12-22(31)32)8-17(19)9-20(35-14-15-4-2-1-3-5-15)24(23)29-13-21(30)28-36(29,33)34/h1-11H,12-14,26H2,(H,28,30)(H,31,32). The van der Waals surface area contributed by atoms with Crippen molar-refractivity contribution in [1.29, 1.82) is 0 Å². The van der Waals surface area contributed by atoms with E-state index in [4.69, 9.17) is 15.6 Å². The molecule has 0 unspecified atom stereocenters. The summed E-state index contributed by atoms with van der Waals surface area (Å²) in [6.07, 6.45) is 2.53. The Morgan fingerprint density at radius 1 is 1.22 bits per heavy atom. The van der Waals surface area contributed by atoms with Crippen LogP contribution in [0.5, 0.6) is 5.75 Å². The number of aliphatic carboxylic acids is 1. The molecule has 12 heteroatoms. The quantitative estimate of drug-likeness (QED) is 0.391. The first-order chi connectivity index (χ1) is 17.2. The average Bonchev–Trinajstić information content (AvgIpc) is 3.12. The van der Waals surface area contributed by atoms with Gasteiger partial charge in [-0.25, -0.2) is 13.4 Å². The van der Waals surface area contributed by atoms with Gasteiger partial charge < -0.3 is 15.6 Å². The van der Waals surface area contributed by atoms with Crippen molar-refractivity contribution < 1.29 is 32.2 Å². The van der Waals surface area contributed by atoms with Crippen LogP contribution in [-0.2, 0) is 26.4 Å². The largest absolute Gasteiger partial charge is 0.487 e. The Bertz CT molecular complexity index is 1510. The number of rotatable bonds is 8. The highest BCUT2D eigenvalue weighted by atomic mass is 32.2. The maximum absolute atomic E-state index is 15.8. The van der Waals surface area contributed by atoms with Gasteiger partial charge in [-0.3, -0.25) is 14.6 Å². The molecular formula is C24H21FN4O6S. The van der Waals surface area contributed by atoms with E-state index in [2.05, 4.69) is 4.99 Å². The van der Waals surface area contributed by atoms with E-state index in [-0.39, 0.29) is 23.4 Å². The first-order valence-corrected chi connectivity index (χ1v) is 12.0. The summed E-state index contributed by atoms with van der Waals surface area (Å²) in [7, 11) is -4.31. The zero-order valence-electron chi connectivity index (χ0n) is 18.7. The van der Waals surface area contributed by atoms with Gasteiger partial charge in [0, 0.05) is 23.4 Å². The van der Waals surface area contributed by atoms with Crippen LogP contribution in [0.25, 0.3) is 16.3 Å². The lowest BCUT2D eigenvalue weighted by Crippen LogP contribution is -2.30. The molecule has 0 radical (unpaired) electrons. The topological polar surface area (TPSA) is 151 Å². The van der Waals surface area contributed by atoms with Gasteiger partial charge in [0.1, 0.15) is 31.1 Å². The predicted molar refractivity (Wildman–Crippen MR) is 132 cm³/mol. The van der Waals surface area contributed by atoms with Crippen molar-refractivity contribution in [2.45, 2.75) is 6.61 Å². The number of halogens is 1. The monoisotopic (exact) mass is 512 g/mol. The molecule has 4 rings (SSSR count). The third kappa shape index (κ3) is 5.13. The molecule has 36 heavy (non-hydrogen) atoms. The van der Waals surface area contributed by atoms with E-state index >= 15 is 4.39 Å². The Kier molecular flexibility index (Phi) is 6.88. The number of nitrogens with two attached hydrogens (primary N) is 1. The minimum absolute atomic E-state index is 0.0174. The van der Waals surface area contributed by atoms with Gasteiger partial charge in [0.2, 0.25) is 0 Å². The summed E-state index contributed by atoms with van der Waals surface area (Å²) in [5, 5.41) is 9.22. The molecular weight excluding hydrogens is 491 g/mol. The van der Waals surface area contributed by atoms with E-state index in [1.807, 2.05) is 10.8 Å². The van der Waals surface area contributed by atoms with Gasteiger partial charge in [-0.1, -0.05) is 42.5 Å². The summed E-state index contributed by atoms with van der Waals surface area (Å²) in [6, 6.07) is 15.0. The number of carboxylic acid groups (broad SMARTS) is 1. The molecule has 1 aliphatic heterocycles. The summed E-state index contributed by atoms with van der Waals surface area (Å²) in [5.41, 5.74) is 6.97. The molecule has 1 saturated heterocycles. The maximum Gasteiger partial charge on any atom is 0.326 e. The minimum atomic E-state index is -4.31. The van der Waals surface area contributed by atoms with Crippen LogP contribution in [0.2, 0.25) is 0 Å². The summed E-state index contributed by atoms with van der Waals surface area (Å²) in [6.45, 7) is -1.02. The predicted octanol–water partition coefficient (Wildman–Crippen LogP) is 2.19. The van der Waals surface area contributed by atoms with Crippen LogP contribution >= 0.6 is 0 Å². The zero-order chi connectivity index (χ0) is 25.9. The molecule has 0 saturated carbocycles. The number of benzene rings is 3. The lowest BCUT2D eigenvalue weighted by molar-refractivity contribution is -0.135. The summed E-state index contributed by atoms with van der Waals surface area (Å²) < 4.78 is 49.2. The van der Waals surface area contributed by atoms with Crippen molar-refractivity contribution in [2.75, 3.05) is 17.4 Å². The molecule has 0 atom stereocenters. The number of nitrogens with zero attached hydrogens (tertiary/aromatic N) is 2. The molecule has 0 aliphatic carbocycles. The highest BCUT2D eigenvalue weighted by molar-refractivity contribution is 7.92. The third-order valence-corrected chi connectivity index (χ3v) is 6.67. The molecule has 1 fully saturated rings. The van der Waals surface area contributed by atoms with Gasteiger partial charge in [0.15, 0.2) is 5.82 Å². The Hall–Kier alpha value is -4.45.